The molecule has 1 fully saturated rings. The number of benzene rings is 1. The lowest BCUT2D eigenvalue weighted by molar-refractivity contribution is -0.144. The van der Waals surface area contributed by atoms with Gasteiger partial charge in [-0.1, -0.05) is 52.0 Å². The number of aryl methyl sites for hydroxylation is 1. The van der Waals surface area contributed by atoms with Crippen LogP contribution in [-0.2, 0) is 9.59 Å². The van der Waals surface area contributed by atoms with E-state index < -0.39 is 12.1 Å². The maximum Gasteiger partial charge on any atom is 0.243 e. The van der Waals surface area contributed by atoms with Crippen LogP contribution in [0.1, 0.15) is 58.3 Å². The molecule has 31 heavy (non-hydrogen) atoms. The van der Waals surface area contributed by atoms with Gasteiger partial charge in [-0.3, -0.25) is 9.59 Å². The number of amides is 2. The molecule has 2 aromatic rings. The molecule has 168 valence electrons. The molecule has 1 aliphatic heterocycles. The summed E-state index contributed by atoms with van der Waals surface area (Å²) in [6.45, 7) is 12.0. The highest BCUT2D eigenvalue weighted by atomic mass is 32.1. The largest absolute Gasteiger partial charge is 0.391 e. The summed E-state index contributed by atoms with van der Waals surface area (Å²) in [7, 11) is 0. The lowest BCUT2D eigenvalue weighted by Gasteiger charge is -2.33. The lowest BCUT2D eigenvalue weighted by atomic mass is 9.81. The summed E-state index contributed by atoms with van der Waals surface area (Å²) in [5.74, 6) is -0.546. The van der Waals surface area contributed by atoms with Gasteiger partial charge in [0.2, 0.25) is 11.8 Å². The smallest absolute Gasteiger partial charge is 0.243 e. The van der Waals surface area contributed by atoms with Crippen LogP contribution >= 0.6 is 11.3 Å². The van der Waals surface area contributed by atoms with Crippen LogP contribution < -0.4 is 5.32 Å². The van der Waals surface area contributed by atoms with Gasteiger partial charge in [-0.2, -0.15) is 0 Å². The number of thiazole rings is 1. The van der Waals surface area contributed by atoms with Gasteiger partial charge in [0.05, 0.1) is 28.2 Å². The van der Waals surface area contributed by atoms with Gasteiger partial charge in [0.1, 0.15) is 6.04 Å². The monoisotopic (exact) mass is 443 g/mol. The fourth-order valence-corrected chi connectivity index (χ4v) is 4.63. The molecule has 0 saturated carbocycles. The summed E-state index contributed by atoms with van der Waals surface area (Å²) in [5, 5.41) is 13.2. The van der Waals surface area contributed by atoms with Crippen molar-refractivity contribution in [3.63, 3.8) is 0 Å². The van der Waals surface area contributed by atoms with Gasteiger partial charge in [0, 0.05) is 18.9 Å². The van der Waals surface area contributed by atoms with Gasteiger partial charge in [0.15, 0.2) is 0 Å². The predicted molar refractivity (Wildman–Crippen MR) is 124 cm³/mol. The first-order valence-corrected chi connectivity index (χ1v) is 11.7. The summed E-state index contributed by atoms with van der Waals surface area (Å²) < 4.78 is 0. The molecule has 2 amide bonds. The van der Waals surface area contributed by atoms with Crippen molar-refractivity contribution in [2.24, 2.45) is 11.3 Å². The molecular formula is C24H33N3O3S. The average Bonchev–Trinajstić information content (AvgIpc) is 3.31. The molecule has 6 nitrogen and oxygen atoms in total. The molecule has 3 rings (SSSR count). The van der Waals surface area contributed by atoms with Crippen molar-refractivity contribution < 1.29 is 14.7 Å². The Bertz CT molecular complexity index is 932. The van der Waals surface area contributed by atoms with E-state index >= 15 is 0 Å². The summed E-state index contributed by atoms with van der Waals surface area (Å²) in [4.78, 5) is 33.0. The van der Waals surface area contributed by atoms with E-state index in [4.69, 9.17) is 0 Å². The Morgan fingerprint density at radius 3 is 2.42 bits per heavy atom. The number of hydrogen-bond donors (Lipinski definition) is 2. The highest BCUT2D eigenvalue weighted by Crippen LogP contribution is 2.31. The number of nitrogens with one attached hydrogen (secondary N) is 1. The Balaban J connectivity index is 1.69. The molecule has 4 atom stereocenters. The highest BCUT2D eigenvalue weighted by molar-refractivity contribution is 7.13. The van der Waals surface area contributed by atoms with Crippen molar-refractivity contribution in [3.8, 4) is 10.4 Å². The number of rotatable bonds is 5. The second-order valence-electron chi connectivity index (χ2n) is 9.60. The topological polar surface area (TPSA) is 82.5 Å². The Morgan fingerprint density at radius 1 is 1.23 bits per heavy atom. The predicted octanol–water partition coefficient (Wildman–Crippen LogP) is 3.94. The number of aliphatic hydroxyl groups excluding tert-OH is 1. The zero-order valence-electron chi connectivity index (χ0n) is 19.2. The van der Waals surface area contributed by atoms with Crippen LogP contribution in [-0.4, -0.2) is 45.5 Å². The van der Waals surface area contributed by atoms with Gasteiger partial charge in [0.25, 0.3) is 0 Å². The Kier molecular flexibility index (Phi) is 6.86. The molecule has 0 bridgehead atoms. The first-order valence-electron chi connectivity index (χ1n) is 10.8. The van der Waals surface area contributed by atoms with E-state index in [0.29, 0.717) is 0 Å². The fraction of sp³-hybridized carbons (Fsp3) is 0.542. The van der Waals surface area contributed by atoms with Crippen molar-refractivity contribution in [2.45, 2.75) is 66.2 Å². The number of carbonyl (C=O) groups excluding carboxylic acids is 2. The van der Waals surface area contributed by atoms with Crippen molar-refractivity contribution in [3.05, 3.63) is 41.0 Å². The van der Waals surface area contributed by atoms with E-state index in [1.807, 2.05) is 71.3 Å². The van der Waals surface area contributed by atoms with E-state index in [0.717, 1.165) is 21.7 Å². The summed E-state index contributed by atoms with van der Waals surface area (Å²) in [6.07, 6.45) is -0.408. The Morgan fingerprint density at radius 2 is 1.87 bits per heavy atom. The number of β-amino-alcohol motifs (C(OH)–C–C–N with tert-alkyl or cyclic N) is 1. The van der Waals surface area contributed by atoms with E-state index in [1.54, 1.807) is 16.2 Å². The van der Waals surface area contributed by atoms with Gasteiger partial charge < -0.3 is 15.3 Å². The third-order valence-corrected chi connectivity index (χ3v) is 7.29. The number of likely N-dealkylation sites (tertiary alicyclic amines) is 1. The Labute approximate surface area is 188 Å². The first kappa shape index (κ1) is 23.4. The van der Waals surface area contributed by atoms with Crippen LogP contribution in [0.15, 0.2) is 29.8 Å². The Hall–Kier alpha value is -2.25. The zero-order chi connectivity index (χ0) is 22.9. The third-order valence-electron chi connectivity index (χ3n) is 6.31. The molecule has 2 N–H and O–H groups in total. The second-order valence-corrected chi connectivity index (χ2v) is 10.5. The third kappa shape index (κ3) is 5.15. The first-order chi connectivity index (χ1) is 14.5. The maximum absolute atomic E-state index is 13.0. The summed E-state index contributed by atoms with van der Waals surface area (Å²) >= 11 is 1.61. The number of nitrogens with zero attached hydrogens (tertiary/aromatic N) is 2. The van der Waals surface area contributed by atoms with E-state index in [-0.39, 0.29) is 42.2 Å². The molecule has 1 aromatic carbocycles. The molecule has 1 aromatic heterocycles. The van der Waals surface area contributed by atoms with Crippen LogP contribution in [0, 0.1) is 18.3 Å². The molecule has 2 heterocycles. The molecule has 0 radical (unpaired) electrons. The summed E-state index contributed by atoms with van der Waals surface area (Å²) in [5.41, 5.74) is 4.73. The number of hydrogen-bond acceptors (Lipinski definition) is 5. The van der Waals surface area contributed by atoms with Crippen LogP contribution in [0.5, 0.6) is 0 Å². The normalized spacial score (nSPS) is 21.1. The van der Waals surface area contributed by atoms with E-state index in [2.05, 4.69) is 10.3 Å². The quantitative estimate of drug-likeness (QED) is 0.733. The van der Waals surface area contributed by atoms with Gasteiger partial charge >= 0.3 is 0 Å². The van der Waals surface area contributed by atoms with Crippen LogP contribution in [0.3, 0.4) is 0 Å². The van der Waals surface area contributed by atoms with Crippen molar-refractivity contribution in [1.82, 2.24) is 15.2 Å². The molecule has 0 spiro atoms. The minimum absolute atomic E-state index is 0.0823. The SMILES string of the molecule is Cc1ncsc1-c1ccc([C@H](C)NC(=O)[C@@H]2C[C@@H](O)CN2C(=O)[C@H](C)C(C)(C)C)cc1. The number of carbonyl (C=O) groups is 2. The van der Waals surface area contributed by atoms with Gasteiger partial charge in [-0.15, -0.1) is 11.3 Å². The molecule has 1 saturated heterocycles. The van der Waals surface area contributed by atoms with Gasteiger partial charge in [-0.05, 0) is 30.4 Å². The molecule has 7 heteroatoms. The van der Waals surface area contributed by atoms with Gasteiger partial charge in [-0.25, -0.2) is 4.98 Å². The van der Waals surface area contributed by atoms with E-state index in [9.17, 15) is 14.7 Å². The van der Waals surface area contributed by atoms with Crippen molar-refractivity contribution in [1.29, 1.82) is 0 Å². The number of aliphatic hydroxyl groups is 1. The minimum atomic E-state index is -0.677. The molecule has 0 unspecified atom stereocenters. The molecule has 0 aliphatic carbocycles. The van der Waals surface area contributed by atoms with Crippen molar-refractivity contribution in [2.75, 3.05) is 6.54 Å². The van der Waals surface area contributed by atoms with Crippen LogP contribution in [0.25, 0.3) is 10.4 Å². The molecular weight excluding hydrogens is 410 g/mol. The minimum Gasteiger partial charge on any atom is -0.391 e. The maximum atomic E-state index is 13.0. The second kappa shape index (κ2) is 9.09. The van der Waals surface area contributed by atoms with E-state index in [1.165, 1.54) is 0 Å². The lowest BCUT2D eigenvalue weighted by Crippen LogP contribution is -2.49. The zero-order valence-corrected chi connectivity index (χ0v) is 20.0. The average molecular weight is 444 g/mol. The van der Waals surface area contributed by atoms with Crippen LogP contribution in [0.2, 0.25) is 0 Å². The summed E-state index contributed by atoms with van der Waals surface area (Å²) in [6, 6.07) is 7.24. The molecule has 1 aliphatic rings. The standard InChI is InChI=1S/C24H33N3O3S/c1-14(24(4,5)6)23(30)27-12-19(28)11-20(27)22(29)26-15(2)17-7-9-18(10-8-17)21-16(3)25-13-31-21/h7-10,13-15,19-20,28H,11-12H2,1-6H3,(H,26,29)/t14-,15-,19+,20-/m0/s1. The number of aromatic nitrogens is 1. The van der Waals surface area contributed by atoms with Crippen molar-refractivity contribution >= 4 is 23.2 Å². The highest BCUT2D eigenvalue weighted by Gasteiger charge is 2.42. The fourth-order valence-electron chi connectivity index (χ4n) is 3.82. The van der Waals surface area contributed by atoms with Crippen LogP contribution in [0.4, 0.5) is 0 Å².